The summed E-state index contributed by atoms with van der Waals surface area (Å²) in [5.41, 5.74) is 1.98. The summed E-state index contributed by atoms with van der Waals surface area (Å²) in [4.78, 5) is 25.7. The third kappa shape index (κ3) is 5.31. The Hall–Kier alpha value is -3.26. The number of methoxy groups -OCH3 is 1. The summed E-state index contributed by atoms with van der Waals surface area (Å²) >= 11 is 0. The number of aromatic nitrogens is 3. The van der Waals surface area contributed by atoms with E-state index in [1.165, 1.54) is 0 Å². The molecule has 1 aliphatic heterocycles. The molecule has 0 N–H and O–H groups in total. The molecule has 8 nitrogen and oxygen atoms in total. The molecular formula is C24H29N5O3. The fourth-order valence-electron chi connectivity index (χ4n) is 3.95. The van der Waals surface area contributed by atoms with Crippen LogP contribution in [0.3, 0.4) is 0 Å². The van der Waals surface area contributed by atoms with Gasteiger partial charge in [0.05, 0.1) is 13.2 Å². The third-order valence-electron chi connectivity index (χ3n) is 5.94. The Balaban J connectivity index is 1.30. The normalized spacial score (nSPS) is 15.9. The Bertz CT molecular complexity index is 1010. The van der Waals surface area contributed by atoms with Crippen LogP contribution < -0.4 is 4.74 Å². The summed E-state index contributed by atoms with van der Waals surface area (Å²) in [6, 6.07) is 11.6. The van der Waals surface area contributed by atoms with Gasteiger partial charge in [0.25, 0.3) is 0 Å². The number of rotatable bonds is 7. The van der Waals surface area contributed by atoms with Gasteiger partial charge in [0, 0.05) is 50.6 Å². The lowest BCUT2D eigenvalue weighted by Gasteiger charge is -2.25. The highest BCUT2D eigenvalue weighted by atomic mass is 16.5. The van der Waals surface area contributed by atoms with Gasteiger partial charge in [-0.3, -0.25) is 14.7 Å². The van der Waals surface area contributed by atoms with Gasteiger partial charge in [-0.25, -0.2) is 0 Å². The average Bonchev–Trinajstić information content (AvgIpc) is 3.21. The summed E-state index contributed by atoms with van der Waals surface area (Å²) < 4.78 is 10.7. The molecule has 1 atom stereocenters. The molecule has 0 aliphatic carbocycles. The van der Waals surface area contributed by atoms with Crippen molar-refractivity contribution in [3.05, 3.63) is 60.2 Å². The zero-order valence-electron chi connectivity index (χ0n) is 18.6. The summed E-state index contributed by atoms with van der Waals surface area (Å²) in [7, 11) is 1.65. The zero-order chi connectivity index (χ0) is 22.3. The lowest BCUT2D eigenvalue weighted by molar-refractivity contribution is -0.131. The van der Waals surface area contributed by atoms with Gasteiger partial charge in [0.1, 0.15) is 5.75 Å². The monoisotopic (exact) mass is 435 g/mol. The van der Waals surface area contributed by atoms with Gasteiger partial charge in [0.2, 0.25) is 17.6 Å². The highest BCUT2D eigenvalue weighted by Gasteiger charge is 2.26. The highest BCUT2D eigenvalue weighted by molar-refractivity contribution is 5.76. The summed E-state index contributed by atoms with van der Waals surface area (Å²) in [6.45, 7) is 5.21. The van der Waals surface area contributed by atoms with Crippen molar-refractivity contribution in [1.29, 1.82) is 0 Å². The van der Waals surface area contributed by atoms with Gasteiger partial charge >= 0.3 is 0 Å². The van der Waals surface area contributed by atoms with E-state index >= 15 is 0 Å². The molecular weight excluding hydrogens is 406 g/mol. The van der Waals surface area contributed by atoms with Crippen molar-refractivity contribution in [3.8, 4) is 17.1 Å². The van der Waals surface area contributed by atoms with Crippen molar-refractivity contribution in [1.82, 2.24) is 24.9 Å². The molecule has 8 heteroatoms. The molecule has 168 valence electrons. The summed E-state index contributed by atoms with van der Waals surface area (Å²) in [5, 5.41) is 4.11. The van der Waals surface area contributed by atoms with Crippen molar-refractivity contribution in [3.63, 3.8) is 0 Å². The number of amides is 1. The first-order valence-electron chi connectivity index (χ1n) is 11.0. The zero-order valence-corrected chi connectivity index (χ0v) is 18.6. The molecule has 1 saturated heterocycles. The van der Waals surface area contributed by atoms with Crippen LogP contribution in [-0.4, -0.2) is 64.1 Å². The van der Waals surface area contributed by atoms with Crippen LogP contribution in [0.15, 0.2) is 53.3 Å². The molecule has 0 radical (unpaired) electrons. The molecule has 1 amide bonds. The number of ether oxygens (including phenoxy) is 1. The highest BCUT2D eigenvalue weighted by Crippen LogP contribution is 2.23. The first kappa shape index (κ1) is 22.0. The maximum absolute atomic E-state index is 12.8. The van der Waals surface area contributed by atoms with Crippen molar-refractivity contribution >= 4 is 5.91 Å². The molecule has 4 rings (SSSR count). The molecule has 3 heterocycles. The fourth-order valence-corrected chi connectivity index (χ4v) is 3.95. The number of benzene rings is 1. The van der Waals surface area contributed by atoms with Crippen molar-refractivity contribution in [2.75, 3.05) is 33.3 Å². The smallest absolute Gasteiger partial charge is 0.244 e. The van der Waals surface area contributed by atoms with Gasteiger partial charge in [0.15, 0.2) is 0 Å². The van der Waals surface area contributed by atoms with Crippen LogP contribution >= 0.6 is 0 Å². The molecule has 1 aliphatic rings. The lowest BCUT2D eigenvalue weighted by Crippen LogP contribution is -2.36. The Kier molecular flexibility index (Phi) is 7.11. The van der Waals surface area contributed by atoms with E-state index in [0.717, 1.165) is 49.4 Å². The Morgan fingerprint density at radius 1 is 1.16 bits per heavy atom. The first-order chi connectivity index (χ1) is 15.6. The van der Waals surface area contributed by atoms with Gasteiger partial charge in [-0.05, 0) is 49.6 Å². The SMILES string of the molecule is COc1ccc(CCC(=O)N2CCCN(C(C)c3nc(-c4cccnc4)no3)CC2)cc1. The standard InChI is InChI=1S/C24H29N5O3/c1-18(24-26-23(27-32-24)20-5-3-12-25-17-20)28-13-4-14-29(16-15-28)22(30)11-8-19-6-9-21(31-2)10-7-19/h3,5-7,9-10,12,17-18H,4,8,11,13-16H2,1-2H3. The molecule has 3 aromatic rings. The molecule has 32 heavy (non-hydrogen) atoms. The molecule has 1 unspecified atom stereocenters. The molecule has 1 aromatic carbocycles. The molecule has 0 saturated carbocycles. The van der Waals surface area contributed by atoms with E-state index in [-0.39, 0.29) is 11.9 Å². The minimum absolute atomic E-state index is 0.0118. The van der Waals surface area contributed by atoms with Gasteiger partial charge in [-0.1, -0.05) is 17.3 Å². The van der Waals surface area contributed by atoms with E-state index in [2.05, 4.69) is 26.9 Å². The molecule has 2 aromatic heterocycles. The van der Waals surface area contributed by atoms with Gasteiger partial charge in [-0.15, -0.1) is 0 Å². The van der Waals surface area contributed by atoms with E-state index in [1.54, 1.807) is 19.5 Å². The Morgan fingerprint density at radius 2 is 2.00 bits per heavy atom. The number of hydrogen-bond donors (Lipinski definition) is 0. The third-order valence-corrected chi connectivity index (χ3v) is 5.94. The largest absolute Gasteiger partial charge is 0.497 e. The lowest BCUT2D eigenvalue weighted by atomic mass is 10.1. The van der Waals surface area contributed by atoms with Crippen LogP contribution in [0.1, 0.15) is 37.3 Å². The van der Waals surface area contributed by atoms with Crippen LogP contribution in [0.25, 0.3) is 11.4 Å². The number of hydrogen-bond acceptors (Lipinski definition) is 7. The number of carbonyl (C=O) groups is 1. The predicted molar refractivity (Wildman–Crippen MR) is 120 cm³/mol. The van der Waals surface area contributed by atoms with Crippen LogP contribution in [0.4, 0.5) is 0 Å². The second-order valence-corrected chi connectivity index (χ2v) is 7.99. The second-order valence-electron chi connectivity index (χ2n) is 7.99. The van der Waals surface area contributed by atoms with E-state index in [0.29, 0.717) is 24.7 Å². The number of aryl methyl sites for hydroxylation is 1. The maximum atomic E-state index is 12.8. The molecule has 1 fully saturated rings. The van der Waals surface area contributed by atoms with E-state index in [4.69, 9.17) is 9.26 Å². The quantitative estimate of drug-likeness (QED) is 0.562. The minimum atomic E-state index is -0.0118. The van der Waals surface area contributed by atoms with Crippen LogP contribution in [0.2, 0.25) is 0 Å². The predicted octanol–water partition coefficient (Wildman–Crippen LogP) is 3.37. The van der Waals surface area contributed by atoms with Gasteiger partial charge in [-0.2, -0.15) is 4.98 Å². The van der Waals surface area contributed by atoms with E-state index in [9.17, 15) is 4.79 Å². The summed E-state index contributed by atoms with van der Waals surface area (Å²) in [5.74, 6) is 2.16. The topological polar surface area (TPSA) is 84.6 Å². The number of carbonyl (C=O) groups excluding carboxylic acids is 1. The van der Waals surface area contributed by atoms with Crippen molar-refractivity contribution < 1.29 is 14.1 Å². The number of nitrogens with zero attached hydrogens (tertiary/aromatic N) is 5. The van der Waals surface area contributed by atoms with E-state index < -0.39 is 0 Å². The van der Waals surface area contributed by atoms with Crippen LogP contribution in [0.5, 0.6) is 5.75 Å². The number of pyridine rings is 1. The Labute approximate surface area is 188 Å². The van der Waals surface area contributed by atoms with Crippen LogP contribution in [-0.2, 0) is 11.2 Å². The summed E-state index contributed by atoms with van der Waals surface area (Å²) in [6.07, 6.45) is 5.61. The van der Waals surface area contributed by atoms with E-state index in [1.807, 2.05) is 41.3 Å². The second kappa shape index (κ2) is 10.4. The van der Waals surface area contributed by atoms with Crippen molar-refractivity contribution in [2.45, 2.75) is 32.2 Å². The maximum Gasteiger partial charge on any atom is 0.244 e. The van der Waals surface area contributed by atoms with Crippen molar-refractivity contribution in [2.24, 2.45) is 0 Å². The van der Waals surface area contributed by atoms with Crippen LogP contribution in [0, 0.1) is 0 Å². The minimum Gasteiger partial charge on any atom is -0.497 e. The molecule has 0 bridgehead atoms. The first-order valence-corrected chi connectivity index (χ1v) is 11.0. The van der Waals surface area contributed by atoms with Gasteiger partial charge < -0.3 is 14.2 Å². The molecule has 0 spiro atoms. The average molecular weight is 436 g/mol. The Morgan fingerprint density at radius 3 is 2.75 bits per heavy atom. The fraction of sp³-hybridized carbons (Fsp3) is 0.417.